The van der Waals surface area contributed by atoms with Gasteiger partial charge in [0, 0.05) is 0 Å². The molecule has 0 N–H and O–H groups in total. The molecule has 0 aromatic carbocycles. The number of ether oxygens (including phenoxy) is 4. The van der Waals surface area contributed by atoms with E-state index < -0.39 is 33.6 Å². The lowest BCUT2D eigenvalue weighted by atomic mass is 9.97. The van der Waals surface area contributed by atoms with Gasteiger partial charge in [0.1, 0.15) is 0 Å². The molecule has 0 aliphatic heterocycles. The topological polar surface area (TPSA) is 105 Å². The minimum atomic E-state index is -1.89. The first kappa shape index (κ1) is 24.5. The fraction of sp³-hybridized carbons (Fsp3) is 0.750. The number of unbranched alkanes of at least 4 members (excludes halogenated alkanes) is 3. The van der Waals surface area contributed by atoms with Gasteiger partial charge < -0.3 is 18.9 Å². The predicted octanol–water partition coefficient (Wildman–Crippen LogP) is 1.97. The van der Waals surface area contributed by atoms with Crippen molar-refractivity contribution >= 4 is 47.1 Å². The van der Waals surface area contributed by atoms with Crippen molar-refractivity contribution in [2.45, 2.75) is 48.3 Å². The second-order valence-electron chi connectivity index (χ2n) is 5.48. The van der Waals surface area contributed by atoms with E-state index in [4.69, 9.17) is 23.2 Å². The number of hydrogen-bond donors (Lipinski definition) is 0. The van der Waals surface area contributed by atoms with Gasteiger partial charge in [-0.1, -0.05) is 48.9 Å². The number of esters is 4. The molecule has 0 spiro atoms. The Balaban J connectivity index is 4.57. The van der Waals surface area contributed by atoms with Crippen molar-refractivity contribution in [1.29, 1.82) is 0 Å². The lowest BCUT2D eigenvalue weighted by molar-refractivity contribution is -0.158. The Labute approximate surface area is 162 Å². The average molecular weight is 415 g/mol. The Morgan fingerprint density at radius 2 is 0.808 bits per heavy atom. The summed E-state index contributed by atoms with van der Waals surface area (Å²) in [4.78, 5) is 43.1. The Hall–Kier alpha value is -1.54. The van der Waals surface area contributed by atoms with E-state index in [1.165, 1.54) is 0 Å². The zero-order chi connectivity index (χ0) is 20.4. The molecule has 0 aromatic heterocycles. The van der Waals surface area contributed by atoms with Crippen LogP contribution in [0.2, 0.25) is 0 Å². The molecular formula is C16H24Cl2O8. The Kier molecular flexibility index (Phi) is 10.6. The van der Waals surface area contributed by atoms with Crippen LogP contribution in [-0.4, -0.2) is 62.1 Å². The van der Waals surface area contributed by atoms with Gasteiger partial charge in [0.25, 0.3) is 0 Å². The van der Waals surface area contributed by atoms with Crippen LogP contribution in [0.1, 0.15) is 38.5 Å². The summed E-state index contributed by atoms with van der Waals surface area (Å²) in [5, 5.41) is 0. The van der Waals surface area contributed by atoms with Gasteiger partial charge in [0.15, 0.2) is 0 Å². The molecule has 0 atom stereocenters. The van der Waals surface area contributed by atoms with Gasteiger partial charge in [-0.2, -0.15) is 0 Å². The molecule has 0 aliphatic rings. The van der Waals surface area contributed by atoms with Crippen LogP contribution in [-0.2, 0) is 38.1 Å². The lowest BCUT2D eigenvalue weighted by Gasteiger charge is -2.22. The second-order valence-corrected chi connectivity index (χ2v) is 6.77. The second kappa shape index (κ2) is 11.2. The van der Waals surface area contributed by atoms with Crippen molar-refractivity contribution in [3.63, 3.8) is 0 Å². The van der Waals surface area contributed by atoms with Crippen molar-refractivity contribution in [1.82, 2.24) is 0 Å². The summed E-state index contributed by atoms with van der Waals surface area (Å²) in [5.41, 5.74) is 0. The highest BCUT2D eigenvalue weighted by Gasteiger charge is 2.47. The van der Waals surface area contributed by atoms with Gasteiger partial charge in [-0.05, 0) is 12.8 Å². The molecule has 10 heteroatoms. The van der Waals surface area contributed by atoms with E-state index in [0.717, 1.165) is 28.4 Å². The molecule has 0 heterocycles. The third-order valence-electron chi connectivity index (χ3n) is 3.83. The largest absolute Gasteiger partial charge is 0.467 e. The third-order valence-corrected chi connectivity index (χ3v) is 4.82. The monoisotopic (exact) mass is 414 g/mol. The summed E-state index contributed by atoms with van der Waals surface area (Å²) in [6.45, 7) is 0. The van der Waals surface area contributed by atoms with Gasteiger partial charge in [-0.3, -0.25) is 0 Å². The fourth-order valence-electron chi connectivity index (χ4n) is 2.31. The smallest absolute Gasteiger partial charge is 0.338 e. The number of rotatable bonds is 11. The van der Waals surface area contributed by atoms with Crippen molar-refractivity contribution < 1.29 is 38.1 Å². The normalized spacial score (nSPS) is 11.5. The quantitative estimate of drug-likeness (QED) is 0.166. The number of methoxy groups -OCH3 is 4. The number of halogens is 2. The van der Waals surface area contributed by atoms with E-state index in [1.807, 2.05) is 0 Å². The Bertz CT molecular complexity index is 442. The highest BCUT2D eigenvalue weighted by atomic mass is 35.5. The maximum atomic E-state index is 11.7. The van der Waals surface area contributed by atoms with Crippen LogP contribution >= 0.6 is 23.2 Å². The van der Waals surface area contributed by atoms with Crippen molar-refractivity contribution in [2.75, 3.05) is 28.4 Å². The van der Waals surface area contributed by atoms with Crippen molar-refractivity contribution in [2.24, 2.45) is 0 Å². The van der Waals surface area contributed by atoms with Crippen LogP contribution in [0, 0.1) is 0 Å². The van der Waals surface area contributed by atoms with Gasteiger partial charge in [0.05, 0.1) is 28.4 Å². The van der Waals surface area contributed by atoms with Gasteiger partial charge >= 0.3 is 23.9 Å². The molecule has 0 radical (unpaired) electrons. The first-order valence-electron chi connectivity index (χ1n) is 7.85. The molecule has 0 bridgehead atoms. The molecule has 0 saturated heterocycles. The first-order chi connectivity index (χ1) is 12.1. The fourth-order valence-corrected chi connectivity index (χ4v) is 2.89. The third kappa shape index (κ3) is 6.02. The highest BCUT2D eigenvalue weighted by Crippen LogP contribution is 2.29. The highest BCUT2D eigenvalue weighted by molar-refractivity contribution is 6.45. The number of carbonyl (C=O) groups is 4. The lowest BCUT2D eigenvalue weighted by Crippen LogP contribution is -2.43. The maximum absolute atomic E-state index is 11.7. The number of alkyl halides is 2. The van der Waals surface area contributed by atoms with Gasteiger partial charge in [-0.15, -0.1) is 0 Å². The SMILES string of the molecule is COC(=O)C(Cl)(CCCCCCC(Cl)(C(=O)OC)C(=O)OC)C(=O)OC. The van der Waals surface area contributed by atoms with E-state index in [1.54, 1.807) is 0 Å². The molecule has 8 nitrogen and oxygen atoms in total. The van der Waals surface area contributed by atoms with Crippen LogP contribution in [0.3, 0.4) is 0 Å². The summed E-state index contributed by atoms with van der Waals surface area (Å²) in [7, 11) is 4.51. The molecule has 0 aliphatic carbocycles. The van der Waals surface area contributed by atoms with Crippen LogP contribution in [0.15, 0.2) is 0 Å². The minimum absolute atomic E-state index is 0.0217. The number of hydrogen-bond acceptors (Lipinski definition) is 8. The Morgan fingerprint density at radius 3 is 1.00 bits per heavy atom. The van der Waals surface area contributed by atoms with Crippen LogP contribution in [0.4, 0.5) is 0 Å². The summed E-state index contributed by atoms with van der Waals surface area (Å²) >= 11 is 12.1. The van der Waals surface area contributed by atoms with Crippen molar-refractivity contribution in [3.8, 4) is 0 Å². The van der Waals surface area contributed by atoms with E-state index in [2.05, 4.69) is 18.9 Å². The molecular weight excluding hydrogens is 391 g/mol. The Morgan fingerprint density at radius 1 is 0.577 bits per heavy atom. The molecule has 0 fully saturated rings. The van der Waals surface area contributed by atoms with Crippen LogP contribution < -0.4 is 0 Å². The zero-order valence-electron chi connectivity index (χ0n) is 15.3. The molecule has 0 unspecified atom stereocenters. The van der Waals surface area contributed by atoms with Gasteiger partial charge in [0.2, 0.25) is 9.75 Å². The maximum Gasteiger partial charge on any atom is 0.338 e. The van der Waals surface area contributed by atoms with E-state index >= 15 is 0 Å². The molecule has 0 aromatic rings. The molecule has 150 valence electrons. The van der Waals surface area contributed by atoms with Crippen LogP contribution in [0.5, 0.6) is 0 Å². The summed E-state index contributed by atoms with van der Waals surface area (Å²) in [5.74, 6) is -3.55. The van der Waals surface area contributed by atoms with Gasteiger partial charge in [-0.25, -0.2) is 19.2 Å². The van der Waals surface area contributed by atoms with E-state index in [-0.39, 0.29) is 12.8 Å². The summed E-state index contributed by atoms with van der Waals surface area (Å²) in [6.07, 6.45) is 2.01. The molecule has 0 amide bonds. The van der Waals surface area contributed by atoms with Crippen LogP contribution in [0.25, 0.3) is 0 Å². The zero-order valence-corrected chi connectivity index (χ0v) is 16.8. The summed E-state index contributed by atoms with van der Waals surface area (Å²) < 4.78 is 18.2. The number of carbonyl (C=O) groups excluding carboxylic acids is 4. The van der Waals surface area contributed by atoms with Crippen molar-refractivity contribution in [3.05, 3.63) is 0 Å². The summed E-state index contributed by atoms with van der Waals surface area (Å²) in [6, 6.07) is 0. The molecule has 0 rings (SSSR count). The molecule has 26 heavy (non-hydrogen) atoms. The van der Waals surface area contributed by atoms with E-state index in [0.29, 0.717) is 25.7 Å². The standard InChI is InChI=1S/C16H24Cl2O8/c1-23-11(19)15(17,12(20)24-2)9-7-5-6-8-10-16(18,13(21)25-3)14(22)26-4/h5-10H2,1-4H3. The predicted molar refractivity (Wildman–Crippen MR) is 92.9 cm³/mol. The first-order valence-corrected chi connectivity index (χ1v) is 8.61. The molecule has 0 saturated carbocycles. The minimum Gasteiger partial charge on any atom is -0.467 e. The van der Waals surface area contributed by atoms with E-state index in [9.17, 15) is 19.2 Å². The average Bonchev–Trinajstić information content (AvgIpc) is 2.66.